The van der Waals surface area contributed by atoms with Gasteiger partial charge in [0.1, 0.15) is 6.10 Å². The Morgan fingerprint density at radius 2 is 2.47 bits per heavy atom. The second kappa shape index (κ2) is 6.80. The molecule has 1 heterocycles. The molecule has 0 aromatic carbocycles. The van der Waals surface area contributed by atoms with E-state index in [1.54, 1.807) is 7.11 Å². The van der Waals surface area contributed by atoms with Crippen molar-refractivity contribution in [3.63, 3.8) is 0 Å². The first-order valence-electron chi connectivity index (χ1n) is 5.79. The molecule has 4 heteroatoms. The molecule has 1 amide bonds. The van der Waals surface area contributed by atoms with Crippen molar-refractivity contribution in [1.82, 2.24) is 10.6 Å². The molecule has 0 spiro atoms. The van der Waals surface area contributed by atoms with Crippen molar-refractivity contribution in [1.29, 1.82) is 0 Å². The maximum atomic E-state index is 11.5. The predicted molar refractivity (Wildman–Crippen MR) is 59.7 cm³/mol. The van der Waals surface area contributed by atoms with Gasteiger partial charge in [-0.1, -0.05) is 6.92 Å². The first kappa shape index (κ1) is 12.5. The molecule has 0 saturated carbocycles. The largest absolute Gasteiger partial charge is 0.372 e. The molecule has 1 aliphatic heterocycles. The summed E-state index contributed by atoms with van der Waals surface area (Å²) in [6.07, 6.45) is 2.75. The zero-order chi connectivity index (χ0) is 11.1. The first-order valence-corrected chi connectivity index (χ1v) is 5.79. The van der Waals surface area contributed by atoms with E-state index in [-0.39, 0.29) is 12.0 Å². The molecule has 4 nitrogen and oxygen atoms in total. The van der Waals surface area contributed by atoms with E-state index in [4.69, 9.17) is 4.74 Å². The normalized spacial score (nSPS) is 22.7. The Labute approximate surface area is 91.8 Å². The zero-order valence-electron chi connectivity index (χ0n) is 9.71. The van der Waals surface area contributed by atoms with E-state index in [1.165, 1.54) is 6.42 Å². The van der Waals surface area contributed by atoms with Gasteiger partial charge in [0, 0.05) is 13.7 Å². The number of amides is 1. The third kappa shape index (κ3) is 4.18. The van der Waals surface area contributed by atoms with E-state index in [1.807, 2.05) is 6.92 Å². The third-order valence-corrected chi connectivity index (χ3v) is 2.96. The molecule has 0 radical (unpaired) electrons. The van der Waals surface area contributed by atoms with Gasteiger partial charge < -0.3 is 15.4 Å². The second-order valence-electron chi connectivity index (χ2n) is 4.07. The fraction of sp³-hybridized carbons (Fsp3) is 0.909. The van der Waals surface area contributed by atoms with E-state index < -0.39 is 0 Å². The Morgan fingerprint density at radius 1 is 1.67 bits per heavy atom. The van der Waals surface area contributed by atoms with Crippen molar-refractivity contribution in [2.45, 2.75) is 32.3 Å². The average molecular weight is 214 g/mol. The number of rotatable bonds is 6. The minimum Gasteiger partial charge on any atom is -0.372 e. The smallest absolute Gasteiger partial charge is 0.249 e. The molecule has 2 N–H and O–H groups in total. The SMILES string of the molecule is CCC(OC)C(=O)NCCC1CCNC1. The van der Waals surface area contributed by atoms with Gasteiger partial charge in [0.05, 0.1) is 0 Å². The van der Waals surface area contributed by atoms with Gasteiger partial charge in [-0.2, -0.15) is 0 Å². The van der Waals surface area contributed by atoms with Crippen molar-refractivity contribution in [3.05, 3.63) is 0 Å². The standard InChI is InChI=1S/C11H22N2O2/c1-3-10(15-2)11(14)13-7-5-9-4-6-12-8-9/h9-10,12H,3-8H2,1-2H3,(H,13,14). The van der Waals surface area contributed by atoms with Crippen LogP contribution in [-0.4, -0.2) is 38.8 Å². The lowest BCUT2D eigenvalue weighted by atomic mass is 10.1. The summed E-state index contributed by atoms with van der Waals surface area (Å²) >= 11 is 0. The molecular formula is C11H22N2O2. The van der Waals surface area contributed by atoms with E-state index >= 15 is 0 Å². The van der Waals surface area contributed by atoms with Crippen LogP contribution in [0.2, 0.25) is 0 Å². The number of carbonyl (C=O) groups excluding carboxylic acids is 1. The molecule has 2 atom stereocenters. The Hall–Kier alpha value is -0.610. The van der Waals surface area contributed by atoms with E-state index in [9.17, 15) is 4.79 Å². The second-order valence-corrected chi connectivity index (χ2v) is 4.07. The summed E-state index contributed by atoms with van der Waals surface area (Å²) in [5, 5.41) is 6.24. The number of hydrogen-bond donors (Lipinski definition) is 2. The van der Waals surface area contributed by atoms with Gasteiger partial charge in [-0.3, -0.25) is 4.79 Å². The molecule has 1 aliphatic rings. The summed E-state index contributed by atoms with van der Waals surface area (Å²) in [6, 6.07) is 0. The van der Waals surface area contributed by atoms with Gasteiger partial charge >= 0.3 is 0 Å². The monoisotopic (exact) mass is 214 g/mol. The lowest BCUT2D eigenvalue weighted by Gasteiger charge is -2.14. The highest BCUT2D eigenvalue weighted by Crippen LogP contribution is 2.10. The summed E-state index contributed by atoms with van der Waals surface area (Å²) in [5.74, 6) is 0.749. The van der Waals surface area contributed by atoms with Crippen LogP contribution in [0.4, 0.5) is 0 Å². The molecule has 1 fully saturated rings. The maximum absolute atomic E-state index is 11.5. The number of methoxy groups -OCH3 is 1. The summed E-state index contributed by atoms with van der Waals surface area (Å²) in [7, 11) is 1.58. The molecule has 1 rings (SSSR count). The van der Waals surface area contributed by atoms with Gasteiger partial charge in [-0.05, 0) is 38.3 Å². The minimum absolute atomic E-state index is 0.0194. The van der Waals surface area contributed by atoms with Crippen LogP contribution in [-0.2, 0) is 9.53 Å². The lowest BCUT2D eigenvalue weighted by Crippen LogP contribution is -2.36. The first-order chi connectivity index (χ1) is 7.27. The van der Waals surface area contributed by atoms with Crippen LogP contribution in [0.15, 0.2) is 0 Å². The quantitative estimate of drug-likeness (QED) is 0.678. The Bertz CT molecular complexity index is 187. The number of carbonyl (C=O) groups is 1. The Morgan fingerprint density at radius 3 is 3.00 bits per heavy atom. The molecule has 1 saturated heterocycles. The van der Waals surface area contributed by atoms with Crippen molar-refractivity contribution < 1.29 is 9.53 Å². The van der Waals surface area contributed by atoms with Crippen molar-refractivity contribution in [2.75, 3.05) is 26.7 Å². The summed E-state index contributed by atoms with van der Waals surface area (Å²) in [5.41, 5.74) is 0. The van der Waals surface area contributed by atoms with Crippen molar-refractivity contribution in [3.8, 4) is 0 Å². The third-order valence-electron chi connectivity index (χ3n) is 2.96. The molecule has 0 aliphatic carbocycles. The van der Waals surface area contributed by atoms with Gasteiger partial charge in [-0.25, -0.2) is 0 Å². The van der Waals surface area contributed by atoms with Crippen LogP contribution in [0.25, 0.3) is 0 Å². The molecular weight excluding hydrogens is 192 g/mol. The van der Waals surface area contributed by atoms with Gasteiger partial charge in [0.2, 0.25) is 5.91 Å². The maximum Gasteiger partial charge on any atom is 0.249 e. The van der Waals surface area contributed by atoms with E-state index in [0.717, 1.165) is 38.4 Å². The van der Waals surface area contributed by atoms with Crippen LogP contribution >= 0.6 is 0 Å². The molecule has 15 heavy (non-hydrogen) atoms. The molecule has 0 aromatic heterocycles. The lowest BCUT2D eigenvalue weighted by molar-refractivity contribution is -0.131. The summed E-state index contributed by atoms with van der Waals surface area (Å²) < 4.78 is 5.06. The van der Waals surface area contributed by atoms with Crippen molar-refractivity contribution >= 4 is 5.91 Å². The fourth-order valence-corrected chi connectivity index (χ4v) is 1.93. The topological polar surface area (TPSA) is 50.4 Å². The summed E-state index contributed by atoms with van der Waals surface area (Å²) in [4.78, 5) is 11.5. The highest BCUT2D eigenvalue weighted by molar-refractivity contribution is 5.80. The van der Waals surface area contributed by atoms with Crippen LogP contribution in [0.3, 0.4) is 0 Å². The molecule has 2 unspecified atom stereocenters. The number of nitrogens with one attached hydrogen (secondary N) is 2. The average Bonchev–Trinajstić information content (AvgIpc) is 2.72. The van der Waals surface area contributed by atoms with Gasteiger partial charge in [0.15, 0.2) is 0 Å². The van der Waals surface area contributed by atoms with Gasteiger partial charge in [0.25, 0.3) is 0 Å². The van der Waals surface area contributed by atoms with E-state index in [2.05, 4.69) is 10.6 Å². The van der Waals surface area contributed by atoms with E-state index in [0.29, 0.717) is 0 Å². The number of ether oxygens (including phenoxy) is 1. The van der Waals surface area contributed by atoms with Crippen LogP contribution in [0.1, 0.15) is 26.2 Å². The Kier molecular flexibility index (Phi) is 5.65. The number of hydrogen-bond acceptors (Lipinski definition) is 3. The molecule has 88 valence electrons. The minimum atomic E-state index is -0.285. The fourth-order valence-electron chi connectivity index (χ4n) is 1.93. The highest BCUT2D eigenvalue weighted by Gasteiger charge is 2.17. The highest BCUT2D eigenvalue weighted by atomic mass is 16.5. The van der Waals surface area contributed by atoms with Crippen LogP contribution in [0.5, 0.6) is 0 Å². The van der Waals surface area contributed by atoms with Crippen LogP contribution < -0.4 is 10.6 Å². The molecule has 0 aromatic rings. The molecule has 0 bridgehead atoms. The van der Waals surface area contributed by atoms with Crippen LogP contribution in [0, 0.1) is 5.92 Å². The summed E-state index contributed by atoms with van der Waals surface area (Å²) in [6.45, 7) is 4.94. The van der Waals surface area contributed by atoms with Crippen molar-refractivity contribution in [2.24, 2.45) is 5.92 Å². The zero-order valence-corrected chi connectivity index (χ0v) is 9.71. The van der Waals surface area contributed by atoms with Gasteiger partial charge in [-0.15, -0.1) is 0 Å². The predicted octanol–water partition coefficient (Wildman–Crippen LogP) is 0.527. The Balaban J connectivity index is 2.10.